The molecule has 0 radical (unpaired) electrons. The van der Waals surface area contributed by atoms with Gasteiger partial charge in [-0.25, -0.2) is 14.7 Å². The van der Waals surface area contributed by atoms with Crippen LogP contribution in [0.25, 0.3) is 11.5 Å². The molecule has 0 spiro atoms. The van der Waals surface area contributed by atoms with Crippen molar-refractivity contribution in [3.63, 3.8) is 0 Å². The van der Waals surface area contributed by atoms with Gasteiger partial charge in [-0.1, -0.05) is 41.5 Å². The number of amides is 2. The number of carbonyl (C=O) groups is 2. The summed E-state index contributed by atoms with van der Waals surface area (Å²) in [6.45, 7) is 7.83. The first-order valence-corrected chi connectivity index (χ1v) is 14.1. The van der Waals surface area contributed by atoms with Gasteiger partial charge < -0.3 is 14.1 Å². The summed E-state index contributed by atoms with van der Waals surface area (Å²) in [6.07, 6.45) is 1.19. The molecule has 208 valence electrons. The number of hydrogen-bond donors (Lipinski definition) is 0. The van der Waals surface area contributed by atoms with Crippen LogP contribution in [0.1, 0.15) is 66.2 Å². The standard InChI is InChI=1S/C30H33N5O4S/c1-19-18-40-25(31-19)17-34(5)27(36)22-13-9-12-21(16-22)26-32-33-28(38-26)35(29(37)39-30(2,3)4)24-15-14-23(24)20-10-7-6-8-11-20/h6-13,16,18,23-24H,14-15,17H2,1-5H3/t23-,24-/m1/s1. The van der Waals surface area contributed by atoms with Crippen molar-refractivity contribution in [2.75, 3.05) is 11.9 Å². The maximum absolute atomic E-state index is 13.4. The second-order valence-electron chi connectivity index (χ2n) is 11.0. The average Bonchev–Trinajstić information content (AvgIpc) is 3.54. The summed E-state index contributed by atoms with van der Waals surface area (Å²) in [6, 6.07) is 17.0. The minimum atomic E-state index is -0.692. The number of rotatable bonds is 7. The Labute approximate surface area is 237 Å². The summed E-state index contributed by atoms with van der Waals surface area (Å²) in [5.41, 5.74) is 2.46. The zero-order chi connectivity index (χ0) is 28.4. The highest BCUT2D eigenvalue weighted by Gasteiger charge is 2.43. The van der Waals surface area contributed by atoms with E-state index in [-0.39, 0.29) is 29.8 Å². The second-order valence-corrected chi connectivity index (χ2v) is 12.0. The van der Waals surface area contributed by atoms with Crippen molar-refractivity contribution < 1.29 is 18.7 Å². The molecule has 10 heteroatoms. The lowest BCUT2D eigenvalue weighted by Crippen LogP contribution is -2.51. The van der Waals surface area contributed by atoms with E-state index < -0.39 is 11.7 Å². The third kappa shape index (κ3) is 6.07. The topological polar surface area (TPSA) is 102 Å². The third-order valence-electron chi connectivity index (χ3n) is 6.75. The summed E-state index contributed by atoms with van der Waals surface area (Å²) in [5.74, 6) is 0.194. The summed E-state index contributed by atoms with van der Waals surface area (Å²) >= 11 is 1.53. The molecule has 0 N–H and O–H groups in total. The SMILES string of the molecule is Cc1csc(CN(C)C(=O)c2cccc(-c3nnc(N(C(=O)OC(C)(C)C)[C@@H]4CC[C@@H]4c4ccccc4)o3)c2)n1. The number of ether oxygens (including phenoxy) is 1. The molecular weight excluding hydrogens is 526 g/mol. The lowest BCUT2D eigenvalue weighted by Gasteiger charge is -2.42. The van der Waals surface area contributed by atoms with Crippen LogP contribution in [0.3, 0.4) is 0 Å². The molecule has 1 fully saturated rings. The minimum Gasteiger partial charge on any atom is -0.443 e. The Kier molecular flexibility index (Phi) is 7.71. The quantitative estimate of drug-likeness (QED) is 0.256. The highest BCUT2D eigenvalue weighted by Crippen LogP contribution is 2.42. The van der Waals surface area contributed by atoms with Gasteiger partial charge in [0.25, 0.3) is 5.91 Å². The van der Waals surface area contributed by atoms with Gasteiger partial charge in [0.2, 0.25) is 5.89 Å². The van der Waals surface area contributed by atoms with E-state index in [1.807, 2.05) is 51.3 Å². The van der Waals surface area contributed by atoms with Crippen LogP contribution < -0.4 is 4.90 Å². The Morgan fingerprint density at radius 2 is 1.85 bits per heavy atom. The summed E-state index contributed by atoms with van der Waals surface area (Å²) < 4.78 is 11.8. The zero-order valence-electron chi connectivity index (χ0n) is 23.3. The average molecular weight is 560 g/mol. The van der Waals surface area contributed by atoms with Crippen LogP contribution >= 0.6 is 11.3 Å². The summed E-state index contributed by atoms with van der Waals surface area (Å²) in [7, 11) is 1.75. The molecule has 2 aromatic heterocycles. The van der Waals surface area contributed by atoms with E-state index in [1.54, 1.807) is 36.2 Å². The monoisotopic (exact) mass is 559 g/mol. The number of hydrogen-bond acceptors (Lipinski definition) is 8. The molecule has 0 saturated heterocycles. The molecule has 40 heavy (non-hydrogen) atoms. The fraction of sp³-hybridized carbons (Fsp3) is 0.367. The number of aromatic nitrogens is 3. The molecule has 1 saturated carbocycles. The number of thiazole rings is 1. The Morgan fingerprint density at radius 3 is 2.50 bits per heavy atom. The summed E-state index contributed by atoms with van der Waals surface area (Å²) in [5, 5.41) is 11.3. The van der Waals surface area contributed by atoms with Crippen LogP contribution in [0, 0.1) is 6.92 Å². The number of nitrogens with zero attached hydrogens (tertiary/aromatic N) is 5. The predicted molar refractivity (Wildman–Crippen MR) is 153 cm³/mol. The van der Waals surface area contributed by atoms with Gasteiger partial charge in [-0.15, -0.1) is 16.4 Å². The van der Waals surface area contributed by atoms with Crippen LogP contribution in [-0.2, 0) is 11.3 Å². The highest BCUT2D eigenvalue weighted by molar-refractivity contribution is 7.09. The Hall–Kier alpha value is -4.05. The molecule has 0 aliphatic heterocycles. The van der Waals surface area contributed by atoms with E-state index >= 15 is 0 Å². The van der Waals surface area contributed by atoms with E-state index in [0.29, 0.717) is 17.7 Å². The van der Waals surface area contributed by atoms with Crippen LogP contribution in [0.5, 0.6) is 0 Å². The molecule has 5 rings (SSSR count). The van der Waals surface area contributed by atoms with Gasteiger partial charge in [-0.05, 0) is 64.3 Å². The van der Waals surface area contributed by atoms with Crippen molar-refractivity contribution in [3.8, 4) is 11.5 Å². The Bertz CT molecular complexity index is 1490. The fourth-order valence-corrected chi connectivity index (χ4v) is 5.56. The number of anilines is 1. The third-order valence-corrected chi connectivity index (χ3v) is 7.70. The van der Waals surface area contributed by atoms with Gasteiger partial charge in [-0.3, -0.25) is 4.79 Å². The van der Waals surface area contributed by atoms with Gasteiger partial charge in [0.05, 0.1) is 12.6 Å². The van der Waals surface area contributed by atoms with E-state index in [2.05, 4.69) is 27.3 Å². The van der Waals surface area contributed by atoms with Crippen molar-refractivity contribution in [1.29, 1.82) is 0 Å². The molecule has 0 bridgehead atoms. The smallest absolute Gasteiger partial charge is 0.418 e. The van der Waals surface area contributed by atoms with E-state index in [4.69, 9.17) is 9.15 Å². The number of carbonyl (C=O) groups excluding carboxylic acids is 2. The van der Waals surface area contributed by atoms with Crippen LogP contribution in [0.4, 0.5) is 10.8 Å². The zero-order valence-corrected chi connectivity index (χ0v) is 24.1. The number of benzene rings is 2. The van der Waals surface area contributed by atoms with Crippen molar-refractivity contribution in [3.05, 3.63) is 81.8 Å². The second kappa shape index (κ2) is 11.2. The molecular formula is C30H33N5O4S. The Balaban J connectivity index is 1.39. The molecule has 2 heterocycles. The highest BCUT2D eigenvalue weighted by atomic mass is 32.1. The van der Waals surface area contributed by atoms with E-state index in [9.17, 15) is 9.59 Å². The largest absolute Gasteiger partial charge is 0.443 e. The normalized spacial score (nSPS) is 16.7. The first-order chi connectivity index (χ1) is 19.1. The lowest BCUT2D eigenvalue weighted by molar-refractivity contribution is 0.0530. The molecule has 9 nitrogen and oxygen atoms in total. The molecule has 1 aliphatic carbocycles. The minimum absolute atomic E-state index is 0.0721. The molecule has 1 aliphatic rings. The fourth-order valence-electron chi connectivity index (χ4n) is 4.73. The van der Waals surface area contributed by atoms with E-state index in [0.717, 1.165) is 29.1 Å². The van der Waals surface area contributed by atoms with Gasteiger partial charge >= 0.3 is 12.1 Å². The summed E-state index contributed by atoms with van der Waals surface area (Å²) in [4.78, 5) is 34.1. The van der Waals surface area contributed by atoms with Gasteiger partial charge in [0.1, 0.15) is 10.6 Å². The van der Waals surface area contributed by atoms with Crippen molar-refractivity contribution >= 4 is 29.4 Å². The maximum atomic E-state index is 13.4. The first kappa shape index (κ1) is 27.5. The van der Waals surface area contributed by atoms with E-state index in [1.165, 1.54) is 16.2 Å². The lowest BCUT2D eigenvalue weighted by atomic mass is 9.74. The first-order valence-electron chi connectivity index (χ1n) is 13.3. The molecule has 4 aromatic rings. The van der Waals surface area contributed by atoms with Crippen molar-refractivity contribution in [2.45, 2.75) is 64.6 Å². The van der Waals surface area contributed by atoms with Crippen LogP contribution in [-0.4, -0.2) is 50.8 Å². The molecule has 2 amide bonds. The van der Waals surface area contributed by atoms with Crippen molar-refractivity contribution in [1.82, 2.24) is 20.1 Å². The van der Waals surface area contributed by atoms with Gasteiger partial charge in [0, 0.05) is 35.2 Å². The molecule has 2 aromatic carbocycles. The maximum Gasteiger partial charge on any atom is 0.418 e. The van der Waals surface area contributed by atoms with Crippen LogP contribution in [0.2, 0.25) is 0 Å². The molecule has 2 atom stereocenters. The van der Waals surface area contributed by atoms with Gasteiger partial charge in [-0.2, -0.15) is 0 Å². The predicted octanol–water partition coefficient (Wildman–Crippen LogP) is 6.46. The number of aryl methyl sites for hydroxylation is 1. The van der Waals surface area contributed by atoms with Crippen molar-refractivity contribution in [2.24, 2.45) is 0 Å². The molecule has 0 unspecified atom stereocenters. The van der Waals surface area contributed by atoms with Crippen LogP contribution in [0.15, 0.2) is 64.4 Å². The Morgan fingerprint density at radius 1 is 1.07 bits per heavy atom. The van der Waals surface area contributed by atoms with Gasteiger partial charge in [0.15, 0.2) is 0 Å².